The van der Waals surface area contributed by atoms with E-state index in [0.717, 1.165) is 27.1 Å². The standard InChI is InChI=1S/C17H16BrN3/c18-14-9-5-4-8-13(14)16-11-20-17(21-16)10-15(19)12-6-2-1-3-7-12/h1-9,11,15H,10,19H2,(H,20,21). The predicted octanol–water partition coefficient (Wildman–Crippen LogP) is 4.08. The Balaban J connectivity index is 1.78. The summed E-state index contributed by atoms with van der Waals surface area (Å²) < 4.78 is 1.05. The van der Waals surface area contributed by atoms with Crippen LogP contribution in [0.5, 0.6) is 0 Å². The molecule has 1 atom stereocenters. The number of H-pyrrole nitrogens is 1. The monoisotopic (exact) mass is 341 g/mol. The first-order valence-electron chi connectivity index (χ1n) is 6.83. The zero-order chi connectivity index (χ0) is 14.7. The Hall–Kier alpha value is -1.91. The van der Waals surface area contributed by atoms with Crippen LogP contribution in [0.25, 0.3) is 11.3 Å². The molecule has 0 fully saturated rings. The van der Waals surface area contributed by atoms with Gasteiger partial charge in [-0.25, -0.2) is 4.98 Å². The van der Waals surface area contributed by atoms with Crippen molar-refractivity contribution in [2.24, 2.45) is 5.73 Å². The number of nitrogens with zero attached hydrogens (tertiary/aromatic N) is 1. The summed E-state index contributed by atoms with van der Waals surface area (Å²) in [6, 6.07) is 18.1. The first-order valence-corrected chi connectivity index (χ1v) is 7.62. The minimum Gasteiger partial charge on any atom is -0.342 e. The average Bonchev–Trinajstić information content (AvgIpc) is 2.97. The van der Waals surface area contributed by atoms with Crippen molar-refractivity contribution >= 4 is 15.9 Å². The maximum absolute atomic E-state index is 6.24. The van der Waals surface area contributed by atoms with E-state index in [2.05, 4.69) is 32.0 Å². The minimum atomic E-state index is -0.0515. The highest BCUT2D eigenvalue weighted by atomic mass is 79.9. The summed E-state index contributed by atoms with van der Waals surface area (Å²) in [6.45, 7) is 0. The molecule has 2 aromatic carbocycles. The molecule has 0 aliphatic heterocycles. The average molecular weight is 342 g/mol. The second-order valence-electron chi connectivity index (χ2n) is 4.94. The Labute approximate surface area is 132 Å². The minimum absolute atomic E-state index is 0.0515. The molecule has 1 aromatic heterocycles. The molecule has 0 bridgehead atoms. The van der Waals surface area contributed by atoms with Crippen LogP contribution in [0.1, 0.15) is 17.4 Å². The van der Waals surface area contributed by atoms with Gasteiger partial charge in [-0.15, -0.1) is 0 Å². The van der Waals surface area contributed by atoms with E-state index in [1.165, 1.54) is 0 Å². The van der Waals surface area contributed by atoms with Gasteiger partial charge in [-0.3, -0.25) is 0 Å². The van der Waals surface area contributed by atoms with Gasteiger partial charge in [0.05, 0.1) is 11.9 Å². The summed E-state index contributed by atoms with van der Waals surface area (Å²) in [4.78, 5) is 7.79. The molecular weight excluding hydrogens is 326 g/mol. The van der Waals surface area contributed by atoms with Crippen LogP contribution in [0.3, 0.4) is 0 Å². The zero-order valence-corrected chi connectivity index (χ0v) is 13.0. The lowest BCUT2D eigenvalue weighted by molar-refractivity contribution is 0.695. The molecule has 1 heterocycles. The summed E-state index contributed by atoms with van der Waals surface area (Å²) >= 11 is 3.56. The normalized spacial score (nSPS) is 12.3. The van der Waals surface area contributed by atoms with Crippen LogP contribution >= 0.6 is 15.9 Å². The van der Waals surface area contributed by atoms with E-state index in [9.17, 15) is 0 Å². The molecule has 3 aromatic rings. The van der Waals surface area contributed by atoms with Crippen molar-refractivity contribution in [3.63, 3.8) is 0 Å². The summed E-state index contributed by atoms with van der Waals surface area (Å²) in [5.74, 6) is 0.900. The molecule has 106 valence electrons. The Morgan fingerprint density at radius 2 is 1.76 bits per heavy atom. The van der Waals surface area contributed by atoms with E-state index in [0.29, 0.717) is 6.42 Å². The smallest absolute Gasteiger partial charge is 0.108 e. The number of benzene rings is 2. The van der Waals surface area contributed by atoms with Crippen molar-refractivity contribution in [1.29, 1.82) is 0 Å². The summed E-state index contributed by atoms with van der Waals surface area (Å²) in [5.41, 5.74) is 9.46. The van der Waals surface area contributed by atoms with Crippen molar-refractivity contribution in [3.05, 3.63) is 76.7 Å². The summed E-state index contributed by atoms with van der Waals surface area (Å²) in [6.07, 6.45) is 2.54. The summed E-state index contributed by atoms with van der Waals surface area (Å²) in [5, 5.41) is 0. The lowest BCUT2D eigenvalue weighted by Gasteiger charge is -2.09. The lowest BCUT2D eigenvalue weighted by Crippen LogP contribution is -2.13. The Bertz CT molecular complexity index is 722. The largest absolute Gasteiger partial charge is 0.342 e. The third kappa shape index (κ3) is 3.23. The number of rotatable bonds is 4. The topological polar surface area (TPSA) is 54.7 Å². The van der Waals surface area contributed by atoms with Crippen LogP contribution in [-0.4, -0.2) is 9.97 Å². The molecule has 4 heteroatoms. The molecule has 0 spiro atoms. The zero-order valence-electron chi connectivity index (χ0n) is 11.5. The van der Waals surface area contributed by atoms with Crippen molar-refractivity contribution in [2.45, 2.75) is 12.5 Å². The Morgan fingerprint density at radius 3 is 2.52 bits per heavy atom. The number of imidazole rings is 1. The first kappa shape index (κ1) is 14.0. The van der Waals surface area contributed by atoms with E-state index in [1.54, 1.807) is 0 Å². The van der Waals surface area contributed by atoms with Crippen LogP contribution in [0.15, 0.2) is 65.3 Å². The fraction of sp³-hybridized carbons (Fsp3) is 0.118. The SMILES string of the molecule is NC(Cc1ncc(-c2ccccc2Br)[nH]1)c1ccccc1. The Morgan fingerprint density at radius 1 is 1.05 bits per heavy atom. The molecule has 0 amide bonds. The highest BCUT2D eigenvalue weighted by molar-refractivity contribution is 9.10. The van der Waals surface area contributed by atoms with E-state index < -0.39 is 0 Å². The first-order chi connectivity index (χ1) is 10.2. The molecule has 3 rings (SSSR count). The van der Waals surface area contributed by atoms with Crippen LogP contribution < -0.4 is 5.73 Å². The fourth-order valence-corrected chi connectivity index (χ4v) is 2.81. The molecule has 1 unspecified atom stereocenters. The molecule has 21 heavy (non-hydrogen) atoms. The second kappa shape index (κ2) is 6.24. The number of hydrogen-bond donors (Lipinski definition) is 2. The lowest BCUT2D eigenvalue weighted by atomic mass is 10.0. The van der Waals surface area contributed by atoms with Crippen molar-refractivity contribution in [1.82, 2.24) is 9.97 Å². The molecule has 3 nitrogen and oxygen atoms in total. The third-order valence-corrected chi connectivity index (χ3v) is 4.12. The van der Waals surface area contributed by atoms with E-state index in [4.69, 9.17) is 5.73 Å². The van der Waals surface area contributed by atoms with Crippen molar-refractivity contribution in [2.75, 3.05) is 0 Å². The number of aromatic amines is 1. The van der Waals surface area contributed by atoms with Crippen LogP contribution in [0, 0.1) is 0 Å². The molecule has 0 aliphatic rings. The molecule has 3 N–H and O–H groups in total. The number of aromatic nitrogens is 2. The van der Waals surface area contributed by atoms with Gasteiger partial charge in [-0.2, -0.15) is 0 Å². The second-order valence-corrected chi connectivity index (χ2v) is 5.80. The predicted molar refractivity (Wildman–Crippen MR) is 88.8 cm³/mol. The highest BCUT2D eigenvalue weighted by Crippen LogP contribution is 2.26. The molecular formula is C17H16BrN3. The maximum Gasteiger partial charge on any atom is 0.108 e. The highest BCUT2D eigenvalue weighted by Gasteiger charge is 2.11. The van der Waals surface area contributed by atoms with Gasteiger partial charge in [-0.05, 0) is 11.6 Å². The van der Waals surface area contributed by atoms with Crippen LogP contribution in [0.2, 0.25) is 0 Å². The quantitative estimate of drug-likeness (QED) is 0.751. The van der Waals surface area contributed by atoms with Gasteiger partial charge in [0, 0.05) is 22.5 Å². The van der Waals surface area contributed by atoms with Gasteiger partial charge < -0.3 is 10.7 Å². The van der Waals surface area contributed by atoms with Gasteiger partial charge in [0.25, 0.3) is 0 Å². The molecule has 0 saturated heterocycles. The molecule has 0 aliphatic carbocycles. The summed E-state index contributed by atoms with van der Waals surface area (Å²) in [7, 11) is 0. The Kier molecular flexibility index (Phi) is 4.18. The maximum atomic E-state index is 6.24. The van der Waals surface area contributed by atoms with E-state index in [-0.39, 0.29) is 6.04 Å². The van der Waals surface area contributed by atoms with E-state index in [1.807, 2.05) is 54.7 Å². The fourth-order valence-electron chi connectivity index (χ4n) is 2.31. The number of nitrogens with two attached hydrogens (primary N) is 1. The van der Waals surface area contributed by atoms with Gasteiger partial charge in [0.1, 0.15) is 5.82 Å². The molecule has 0 radical (unpaired) electrons. The van der Waals surface area contributed by atoms with Crippen molar-refractivity contribution < 1.29 is 0 Å². The van der Waals surface area contributed by atoms with Gasteiger partial charge in [0.15, 0.2) is 0 Å². The van der Waals surface area contributed by atoms with Gasteiger partial charge in [0.2, 0.25) is 0 Å². The number of nitrogens with one attached hydrogen (secondary N) is 1. The van der Waals surface area contributed by atoms with Gasteiger partial charge >= 0.3 is 0 Å². The van der Waals surface area contributed by atoms with Crippen molar-refractivity contribution in [3.8, 4) is 11.3 Å². The number of hydrogen-bond acceptors (Lipinski definition) is 2. The van der Waals surface area contributed by atoms with Crippen LogP contribution in [-0.2, 0) is 6.42 Å². The van der Waals surface area contributed by atoms with Crippen LogP contribution in [0.4, 0.5) is 0 Å². The third-order valence-electron chi connectivity index (χ3n) is 3.43. The number of halogens is 1. The van der Waals surface area contributed by atoms with Gasteiger partial charge in [-0.1, -0.05) is 64.5 Å². The van der Waals surface area contributed by atoms with E-state index >= 15 is 0 Å². The molecule has 0 saturated carbocycles.